The van der Waals surface area contributed by atoms with E-state index in [2.05, 4.69) is 5.32 Å². The van der Waals surface area contributed by atoms with E-state index in [1.807, 2.05) is 87.5 Å². The fraction of sp³-hybridized carbons (Fsp3) is 0.273. The average molecular weight is 351 g/mol. The summed E-state index contributed by atoms with van der Waals surface area (Å²) in [5.41, 5.74) is 1.64. The lowest BCUT2D eigenvalue weighted by molar-refractivity contribution is -0.122. The van der Waals surface area contributed by atoms with E-state index in [-0.39, 0.29) is 5.78 Å². The molecule has 0 radical (unpaired) electrons. The summed E-state index contributed by atoms with van der Waals surface area (Å²) in [6.07, 6.45) is 1.25. The average Bonchev–Trinajstić information content (AvgIpc) is 2.64. The third kappa shape index (κ3) is 5.06. The lowest BCUT2D eigenvalue weighted by Crippen LogP contribution is -2.35. The molecule has 0 heterocycles. The van der Waals surface area contributed by atoms with Gasteiger partial charge >= 0.3 is 6.09 Å². The molecule has 1 amide bonds. The predicted molar refractivity (Wildman–Crippen MR) is 104 cm³/mol. The van der Waals surface area contributed by atoms with Crippen molar-refractivity contribution in [2.75, 3.05) is 7.11 Å². The summed E-state index contributed by atoms with van der Waals surface area (Å²) < 4.78 is 4.78. The molecule has 0 aliphatic rings. The van der Waals surface area contributed by atoms with Gasteiger partial charge in [0.05, 0.1) is 13.2 Å². The number of hydrogen-bond donors (Lipinski definition) is 1. The van der Waals surface area contributed by atoms with Crippen molar-refractivity contribution in [3.63, 3.8) is 0 Å². The second kappa shape index (κ2) is 8.48. The molecule has 2 aromatic carbocycles. The Hall–Kier alpha value is -2.88. The number of rotatable bonds is 5. The van der Waals surface area contributed by atoms with Crippen molar-refractivity contribution in [3.05, 3.63) is 77.4 Å². The molecule has 2 rings (SSSR count). The summed E-state index contributed by atoms with van der Waals surface area (Å²) in [6, 6.07) is 18.4. The minimum Gasteiger partial charge on any atom is -0.453 e. The highest BCUT2D eigenvalue weighted by atomic mass is 16.5. The van der Waals surface area contributed by atoms with E-state index in [9.17, 15) is 9.59 Å². The summed E-state index contributed by atoms with van der Waals surface area (Å²) in [4.78, 5) is 25.1. The number of ether oxygens (including phenoxy) is 1. The topological polar surface area (TPSA) is 55.4 Å². The number of ketones is 1. The van der Waals surface area contributed by atoms with Gasteiger partial charge in [-0.15, -0.1) is 0 Å². The number of methoxy groups -OCH3 is 1. The van der Waals surface area contributed by atoms with Crippen LogP contribution in [0.15, 0.2) is 66.2 Å². The number of hydrogen-bond acceptors (Lipinski definition) is 3. The number of amides is 1. The maximum Gasteiger partial charge on any atom is 0.407 e. The summed E-state index contributed by atoms with van der Waals surface area (Å²) in [7, 11) is 1.31. The molecule has 4 nitrogen and oxygen atoms in total. The molecule has 0 saturated carbocycles. The summed E-state index contributed by atoms with van der Waals surface area (Å²) in [6.45, 7) is 5.61. The van der Waals surface area contributed by atoms with Crippen molar-refractivity contribution in [2.45, 2.75) is 26.8 Å². The second-order valence-electron chi connectivity index (χ2n) is 7.07. The Labute approximate surface area is 154 Å². The standard InChI is InChI=1S/C22H25NO3/c1-22(2,3)20(24)18(15-16-11-7-5-8-12-16)19(23-21(25)26-4)17-13-9-6-10-14-17/h5-15,19H,1-4H3,(H,23,25)/b18-15-. The minimum atomic E-state index is -0.601. The van der Waals surface area contributed by atoms with Gasteiger partial charge in [-0.05, 0) is 17.2 Å². The van der Waals surface area contributed by atoms with Crippen LogP contribution in [-0.2, 0) is 9.53 Å². The van der Waals surface area contributed by atoms with Crippen LogP contribution in [0.2, 0.25) is 0 Å². The van der Waals surface area contributed by atoms with Crippen molar-refractivity contribution < 1.29 is 14.3 Å². The number of alkyl carbamates (subject to hydrolysis) is 1. The lowest BCUT2D eigenvalue weighted by Gasteiger charge is -2.26. The predicted octanol–water partition coefficient (Wildman–Crippen LogP) is 4.78. The number of carbonyl (C=O) groups is 2. The molecule has 0 fully saturated rings. The second-order valence-corrected chi connectivity index (χ2v) is 7.07. The number of benzene rings is 2. The van der Waals surface area contributed by atoms with Crippen molar-refractivity contribution in [1.29, 1.82) is 0 Å². The first-order valence-electron chi connectivity index (χ1n) is 8.54. The normalized spacial score (nSPS) is 13.0. The Kier molecular flexibility index (Phi) is 6.34. The van der Waals surface area contributed by atoms with Crippen LogP contribution in [0.5, 0.6) is 0 Å². The van der Waals surface area contributed by atoms with E-state index in [0.717, 1.165) is 11.1 Å². The Morgan fingerprint density at radius 2 is 1.50 bits per heavy atom. The zero-order valence-electron chi connectivity index (χ0n) is 15.7. The van der Waals surface area contributed by atoms with Gasteiger partial charge in [-0.2, -0.15) is 0 Å². The molecule has 0 aromatic heterocycles. The quantitative estimate of drug-likeness (QED) is 0.789. The van der Waals surface area contributed by atoms with Crippen LogP contribution in [-0.4, -0.2) is 19.0 Å². The van der Waals surface area contributed by atoms with Crippen LogP contribution in [0, 0.1) is 5.41 Å². The van der Waals surface area contributed by atoms with Crippen LogP contribution in [0.4, 0.5) is 4.79 Å². The molecule has 136 valence electrons. The van der Waals surface area contributed by atoms with Gasteiger partial charge in [0.15, 0.2) is 5.78 Å². The van der Waals surface area contributed by atoms with Crippen LogP contribution in [0.1, 0.15) is 37.9 Å². The summed E-state index contributed by atoms with van der Waals surface area (Å²) in [5.74, 6) is -0.0355. The Morgan fingerprint density at radius 1 is 0.962 bits per heavy atom. The smallest absolute Gasteiger partial charge is 0.407 e. The van der Waals surface area contributed by atoms with Gasteiger partial charge in [0.25, 0.3) is 0 Å². The largest absolute Gasteiger partial charge is 0.453 e. The third-order valence-corrected chi connectivity index (χ3v) is 3.96. The highest BCUT2D eigenvalue weighted by Crippen LogP contribution is 2.31. The van der Waals surface area contributed by atoms with Crippen LogP contribution < -0.4 is 5.32 Å². The fourth-order valence-electron chi connectivity index (χ4n) is 2.60. The zero-order valence-corrected chi connectivity index (χ0v) is 15.7. The molecule has 0 aliphatic carbocycles. The van der Waals surface area contributed by atoms with E-state index in [0.29, 0.717) is 5.57 Å². The number of nitrogens with one attached hydrogen (secondary N) is 1. The minimum absolute atomic E-state index is 0.0355. The van der Waals surface area contributed by atoms with Crippen LogP contribution >= 0.6 is 0 Å². The van der Waals surface area contributed by atoms with E-state index in [1.54, 1.807) is 0 Å². The molecule has 1 unspecified atom stereocenters. The summed E-state index contributed by atoms with van der Waals surface area (Å²) >= 11 is 0. The van der Waals surface area contributed by atoms with Gasteiger partial charge < -0.3 is 10.1 Å². The van der Waals surface area contributed by atoms with Gasteiger partial charge in [0.1, 0.15) is 0 Å². The Balaban J connectivity index is 2.59. The van der Waals surface area contributed by atoms with E-state index in [4.69, 9.17) is 4.74 Å². The van der Waals surface area contributed by atoms with Crippen molar-refractivity contribution in [3.8, 4) is 0 Å². The Morgan fingerprint density at radius 3 is 2.00 bits per heavy atom. The lowest BCUT2D eigenvalue weighted by atomic mass is 9.81. The monoisotopic (exact) mass is 351 g/mol. The van der Waals surface area contributed by atoms with Crippen LogP contribution in [0.3, 0.4) is 0 Å². The van der Waals surface area contributed by atoms with Crippen LogP contribution in [0.25, 0.3) is 6.08 Å². The molecule has 1 atom stereocenters. The molecule has 0 aliphatic heterocycles. The number of carbonyl (C=O) groups excluding carboxylic acids is 2. The molecule has 4 heteroatoms. The van der Waals surface area contributed by atoms with Gasteiger partial charge in [-0.1, -0.05) is 81.4 Å². The molecule has 1 N–H and O–H groups in total. The SMILES string of the molecule is COC(=O)NC(/C(=C/c1ccccc1)C(=O)C(C)(C)C)c1ccccc1. The first-order valence-corrected chi connectivity index (χ1v) is 8.54. The molecular formula is C22H25NO3. The van der Waals surface area contributed by atoms with Gasteiger partial charge in [0, 0.05) is 11.0 Å². The first-order chi connectivity index (χ1) is 12.3. The maximum absolute atomic E-state index is 13.2. The van der Waals surface area contributed by atoms with Gasteiger partial charge in [-0.3, -0.25) is 4.79 Å². The van der Waals surface area contributed by atoms with Gasteiger partial charge in [0.2, 0.25) is 0 Å². The molecule has 0 saturated heterocycles. The van der Waals surface area contributed by atoms with Crippen molar-refractivity contribution in [2.24, 2.45) is 5.41 Å². The van der Waals surface area contributed by atoms with Crippen molar-refractivity contribution in [1.82, 2.24) is 5.32 Å². The maximum atomic E-state index is 13.2. The third-order valence-electron chi connectivity index (χ3n) is 3.96. The van der Waals surface area contributed by atoms with Gasteiger partial charge in [-0.25, -0.2) is 4.79 Å². The van der Waals surface area contributed by atoms with E-state index in [1.165, 1.54) is 7.11 Å². The first kappa shape index (κ1) is 19.4. The van der Waals surface area contributed by atoms with E-state index >= 15 is 0 Å². The number of Topliss-reactive ketones (excluding diaryl/α,β-unsaturated/α-hetero) is 1. The van der Waals surface area contributed by atoms with Crippen molar-refractivity contribution >= 4 is 18.0 Å². The molecule has 0 bridgehead atoms. The highest BCUT2D eigenvalue weighted by molar-refractivity contribution is 6.04. The Bertz CT molecular complexity index is 774. The van der Waals surface area contributed by atoms with E-state index < -0.39 is 17.6 Å². The molecule has 2 aromatic rings. The fourth-order valence-corrected chi connectivity index (χ4v) is 2.60. The molecule has 26 heavy (non-hydrogen) atoms. The highest BCUT2D eigenvalue weighted by Gasteiger charge is 2.31. The summed E-state index contributed by atoms with van der Waals surface area (Å²) in [5, 5.41) is 2.81. The molecule has 0 spiro atoms. The zero-order chi connectivity index (χ0) is 19.2. The molecular weight excluding hydrogens is 326 g/mol.